The molecule has 0 radical (unpaired) electrons. The maximum Gasteiger partial charge on any atom is 0.258 e. The Hall–Kier alpha value is -3.71. The van der Waals surface area contributed by atoms with Crippen molar-refractivity contribution < 1.29 is 9.18 Å². The number of fused-ring (bicyclic) bond motifs is 2. The highest BCUT2D eigenvalue weighted by atomic mass is 32.1. The van der Waals surface area contributed by atoms with Crippen LogP contribution in [-0.4, -0.2) is 20.9 Å². The second kappa shape index (κ2) is 7.61. The molecular weight excluding hydrogens is 399 g/mol. The van der Waals surface area contributed by atoms with Gasteiger partial charge in [-0.3, -0.25) is 14.8 Å². The fraction of sp³-hybridized carbons (Fsp3) is 0.0435. The zero-order valence-electron chi connectivity index (χ0n) is 15.7. The predicted octanol–water partition coefficient (Wildman–Crippen LogP) is 5.22. The van der Waals surface area contributed by atoms with Gasteiger partial charge in [-0.25, -0.2) is 9.37 Å². The number of rotatable bonds is 4. The van der Waals surface area contributed by atoms with Crippen molar-refractivity contribution in [1.82, 2.24) is 15.0 Å². The quantitative estimate of drug-likeness (QED) is 0.438. The van der Waals surface area contributed by atoms with Crippen molar-refractivity contribution in [3.8, 4) is 0 Å². The van der Waals surface area contributed by atoms with Gasteiger partial charge in [0.1, 0.15) is 11.3 Å². The highest BCUT2D eigenvalue weighted by molar-refractivity contribution is 7.18. The Balaban J connectivity index is 1.34. The van der Waals surface area contributed by atoms with Crippen molar-refractivity contribution in [2.45, 2.75) is 6.42 Å². The lowest BCUT2D eigenvalue weighted by molar-refractivity contribution is 0.102. The first-order chi connectivity index (χ1) is 14.7. The molecule has 1 amide bonds. The predicted molar refractivity (Wildman–Crippen MR) is 116 cm³/mol. The Morgan fingerprint density at radius 1 is 0.967 bits per heavy atom. The number of nitrogens with zero attached hydrogens (tertiary/aromatic N) is 3. The number of thiazole rings is 1. The largest absolute Gasteiger partial charge is 0.322 e. The lowest BCUT2D eigenvalue weighted by Crippen LogP contribution is -2.13. The van der Waals surface area contributed by atoms with Gasteiger partial charge in [0, 0.05) is 30.6 Å². The van der Waals surface area contributed by atoms with Crippen LogP contribution in [0, 0.1) is 5.82 Å². The molecule has 0 saturated carbocycles. The number of nitrogens with one attached hydrogen (secondary N) is 1. The number of hydrogen-bond acceptors (Lipinski definition) is 5. The Bertz CT molecular complexity index is 1350. The molecule has 0 aliphatic carbocycles. The molecule has 5 aromatic rings. The maximum absolute atomic E-state index is 13.9. The fourth-order valence-corrected chi connectivity index (χ4v) is 4.29. The molecule has 0 saturated heterocycles. The first-order valence-electron chi connectivity index (χ1n) is 9.31. The molecule has 0 atom stereocenters. The molecule has 5 rings (SSSR count). The van der Waals surface area contributed by atoms with Crippen molar-refractivity contribution in [3.63, 3.8) is 0 Å². The third-order valence-corrected chi connectivity index (χ3v) is 5.72. The van der Waals surface area contributed by atoms with Crippen molar-refractivity contribution in [1.29, 1.82) is 0 Å². The molecule has 146 valence electrons. The summed E-state index contributed by atoms with van der Waals surface area (Å²) in [6, 6.07) is 18.1. The van der Waals surface area contributed by atoms with Crippen molar-refractivity contribution in [3.05, 3.63) is 95.0 Å². The van der Waals surface area contributed by atoms with Gasteiger partial charge in [0.15, 0.2) is 0 Å². The average Bonchev–Trinajstić information content (AvgIpc) is 3.16. The van der Waals surface area contributed by atoms with E-state index in [9.17, 15) is 9.18 Å². The molecule has 0 aliphatic rings. The standard InChI is InChI=1S/C23H15FN4OS/c24-15-12-17(22-19(13-15)25-9-10-26-22)23(29)27-16-7-5-14(6-8-16)11-21-28-18-3-1-2-4-20(18)30-21/h1-10,12-13H,11H2,(H,27,29). The molecule has 0 spiro atoms. The number of halogens is 1. The van der Waals surface area contributed by atoms with Gasteiger partial charge in [-0.15, -0.1) is 11.3 Å². The van der Waals surface area contributed by atoms with E-state index in [1.165, 1.54) is 29.2 Å². The van der Waals surface area contributed by atoms with Crippen LogP contribution in [0.15, 0.2) is 73.1 Å². The first kappa shape index (κ1) is 18.3. The third-order valence-electron chi connectivity index (χ3n) is 4.69. The highest BCUT2D eigenvalue weighted by Gasteiger charge is 2.14. The molecule has 0 fully saturated rings. The molecule has 30 heavy (non-hydrogen) atoms. The summed E-state index contributed by atoms with van der Waals surface area (Å²) in [5, 5.41) is 3.84. The first-order valence-corrected chi connectivity index (χ1v) is 10.1. The van der Waals surface area contributed by atoms with Crippen LogP contribution < -0.4 is 5.32 Å². The second-order valence-electron chi connectivity index (χ2n) is 6.78. The summed E-state index contributed by atoms with van der Waals surface area (Å²) in [6.07, 6.45) is 3.67. The van der Waals surface area contributed by atoms with Crippen LogP contribution in [0.3, 0.4) is 0 Å². The van der Waals surface area contributed by atoms with E-state index in [1.54, 1.807) is 11.3 Å². The topological polar surface area (TPSA) is 67.8 Å². The fourth-order valence-electron chi connectivity index (χ4n) is 3.29. The van der Waals surface area contributed by atoms with Crippen LogP contribution in [0.2, 0.25) is 0 Å². The van der Waals surface area contributed by atoms with Crippen LogP contribution in [0.5, 0.6) is 0 Å². The van der Waals surface area contributed by atoms with Gasteiger partial charge in [0.2, 0.25) is 0 Å². The van der Waals surface area contributed by atoms with E-state index in [4.69, 9.17) is 0 Å². The van der Waals surface area contributed by atoms with E-state index in [0.717, 1.165) is 22.5 Å². The van der Waals surface area contributed by atoms with Crippen LogP contribution in [0.25, 0.3) is 21.3 Å². The lowest BCUT2D eigenvalue weighted by atomic mass is 10.1. The number of anilines is 1. The van der Waals surface area contributed by atoms with E-state index in [0.29, 0.717) is 16.7 Å². The number of carbonyl (C=O) groups excluding carboxylic acids is 1. The Morgan fingerprint density at radius 2 is 1.77 bits per heavy atom. The van der Waals surface area contributed by atoms with Crippen LogP contribution in [0.1, 0.15) is 20.9 Å². The summed E-state index contributed by atoms with van der Waals surface area (Å²) >= 11 is 1.68. The second-order valence-corrected chi connectivity index (χ2v) is 7.90. The van der Waals surface area contributed by atoms with Gasteiger partial charge in [-0.1, -0.05) is 24.3 Å². The van der Waals surface area contributed by atoms with Gasteiger partial charge >= 0.3 is 0 Å². The van der Waals surface area contributed by atoms with E-state index in [1.807, 2.05) is 42.5 Å². The number of hydrogen-bond donors (Lipinski definition) is 1. The highest BCUT2D eigenvalue weighted by Crippen LogP contribution is 2.24. The van der Waals surface area contributed by atoms with Gasteiger partial charge in [-0.05, 0) is 35.9 Å². The zero-order valence-corrected chi connectivity index (χ0v) is 16.5. The van der Waals surface area contributed by atoms with E-state index in [2.05, 4.69) is 26.3 Å². The molecule has 2 aromatic heterocycles. The number of para-hydroxylation sites is 1. The summed E-state index contributed by atoms with van der Waals surface area (Å²) in [5.74, 6) is -0.960. The van der Waals surface area contributed by atoms with Crippen LogP contribution in [-0.2, 0) is 6.42 Å². The van der Waals surface area contributed by atoms with Gasteiger partial charge in [0.25, 0.3) is 5.91 Å². The monoisotopic (exact) mass is 414 g/mol. The van der Waals surface area contributed by atoms with Gasteiger partial charge < -0.3 is 5.32 Å². The molecule has 2 heterocycles. The molecule has 0 aliphatic heterocycles. The molecule has 3 aromatic carbocycles. The minimum Gasteiger partial charge on any atom is -0.322 e. The SMILES string of the molecule is O=C(Nc1ccc(Cc2nc3ccccc3s2)cc1)c1cc(F)cc2nccnc12. The Labute approximate surface area is 175 Å². The molecular formula is C23H15FN4OS. The minimum absolute atomic E-state index is 0.150. The summed E-state index contributed by atoms with van der Waals surface area (Å²) in [6.45, 7) is 0. The van der Waals surface area contributed by atoms with Crippen molar-refractivity contribution in [2.24, 2.45) is 0 Å². The van der Waals surface area contributed by atoms with Crippen LogP contribution in [0.4, 0.5) is 10.1 Å². The number of amides is 1. The summed E-state index contributed by atoms with van der Waals surface area (Å²) in [7, 11) is 0. The Morgan fingerprint density at radius 3 is 2.60 bits per heavy atom. The van der Waals surface area contributed by atoms with Crippen molar-refractivity contribution >= 4 is 44.2 Å². The minimum atomic E-state index is -0.528. The molecule has 0 unspecified atom stereocenters. The molecule has 0 bridgehead atoms. The number of benzene rings is 3. The third kappa shape index (κ3) is 3.62. The summed E-state index contributed by atoms with van der Waals surface area (Å²) < 4.78 is 15.0. The van der Waals surface area contributed by atoms with E-state index in [-0.39, 0.29) is 5.56 Å². The Kier molecular flexibility index (Phi) is 4.65. The van der Waals surface area contributed by atoms with E-state index < -0.39 is 11.7 Å². The smallest absolute Gasteiger partial charge is 0.258 e. The number of carbonyl (C=O) groups is 1. The van der Waals surface area contributed by atoms with Crippen LogP contribution >= 0.6 is 11.3 Å². The molecule has 7 heteroatoms. The average molecular weight is 414 g/mol. The maximum atomic E-state index is 13.9. The normalized spacial score (nSPS) is 11.1. The van der Waals surface area contributed by atoms with Crippen molar-refractivity contribution in [2.75, 3.05) is 5.32 Å². The summed E-state index contributed by atoms with van der Waals surface area (Å²) in [4.78, 5) is 25.6. The van der Waals surface area contributed by atoms with Gasteiger partial charge in [-0.2, -0.15) is 0 Å². The van der Waals surface area contributed by atoms with E-state index >= 15 is 0 Å². The zero-order chi connectivity index (χ0) is 20.5. The molecule has 5 nitrogen and oxygen atoms in total. The number of aromatic nitrogens is 3. The van der Waals surface area contributed by atoms with Gasteiger partial charge in [0.05, 0.1) is 26.3 Å². The molecule has 1 N–H and O–H groups in total. The summed E-state index contributed by atoms with van der Waals surface area (Å²) in [5.41, 5.74) is 3.57. The lowest BCUT2D eigenvalue weighted by Gasteiger charge is -2.08.